The van der Waals surface area contributed by atoms with Gasteiger partial charge in [0.25, 0.3) is 0 Å². The van der Waals surface area contributed by atoms with E-state index in [1.54, 1.807) is 0 Å². The Morgan fingerprint density at radius 2 is 2.19 bits per heavy atom. The SMILES string of the molecule is CCC(CC)CN1CCOC(CC(=O)O)C1. The normalized spacial score (nSPS) is 22.6. The number of carboxylic acid groups (broad SMARTS) is 1. The van der Waals surface area contributed by atoms with Gasteiger partial charge in [0.15, 0.2) is 0 Å². The molecule has 1 aliphatic heterocycles. The summed E-state index contributed by atoms with van der Waals surface area (Å²) in [6, 6.07) is 0. The predicted molar refractivity (Wildman–Crippen MR) is 62.5 cm³/mol. The summed E-state index contributed by atoms with van der Waals surface area (Å²) in [5.41, 5.74) is 0. The average Bonchev–Trinajstić information content (AvgIpc) is 2.25. The lowest BCUT2D eigenvalue weighted by molar-refractivity contribution is -0.142. The molecule has 0 radical (unpaired) electrons. The third-order valence-electron chi connectivity index (χ3n) is 3.30. The van der Waals surface area contributed by atoms with Gasteiger partial charge in [-0.2, -0.15) is 0 Å². The summed E-state index contributed by atoms with van der Waals surface area (Å²) < 4.78 is 5.45. The van der Waals surface area contributed by atoms with Crippen molar-refractivity contribution in [2.24, 2.45) is 5.92 Å². The number of hydrogen-bond donors (Lipinski definition) is 1. The monoisotopic (exact) mass is 229 g/mol. The molecule has 0 aromatic heterocycles. The van der Waals surface area contributed by atoms with E-state index >= 15 is 0 Å². The van der Waals surface area contributed by atoms with Gasteiger partial charge in [-0.15, -0.1) is 0 Å². The minimum Gasteiger partial charge on any atom is -0.481 e. The Labute approximate surface area is 97.6 Å². The highest BCUT2D eigenvalue weighted by Gasteiger charge is 2.23. The number of morpholine rings is 1. The van der Waals surface area contributed by atoms with Crippen molar-refractivity contribution in [3.8, 4) is 0 Å². The molecule has 1 rings (SSSR count). The quantitative estimate of drug-likeness (QED) is 0.751. The number of rotatable bonds is 6. The van der Waals surface area contributed by atoms with Crippen molar-refractivity contribution in [1.82, 2.24) is 4.90 Å². The van der Waals surface area contributed by atoms with E-state index in [1.807, 2.05) is 0 Å². The van der Waals surface area contributed by atoms with Crippen LogP contribution in [0.4, 0.5) is 0 Å². The van der Waals surface area contributed by atoms with Crippen LogP contribution in [-0.4, -0.2) is 48.3 Å². The lowest BCUT2D eigenvalue weighted by Gasteiger charge is -2.34. The van der Waals surface area contributed by atoms with Crippen molar-refractivity contribution in [2.75, 3.05) is 26.2 Å². The molecule has 0 aliphatic carbocycles. The van der Waals surface area contributed by atoms with E-state index in [0.29, 0.717) is 6.61 Å². The van der Waals surface area contributed by atoms with Crippen LogP contribution < -0.4 is 0 Å². The average molecular weight is 229 g/mol. The first kappa shape index (κ1) is 13.5. The third kappa shape index (κ3) is 4.49. The van der Waals surface area contributed by atoms with Crippen LogP contribution in [-0.2, 0) is 9.53 Å². The Kier molecular flexibility index (Phi) is 5.77. The smallest absolute Gasteiger partial charge is 0.306 e. The van der Waals surface area contributed by atoms with Crippen LogP contribution in [0.25, 0.3) is 0 Å². The zero-order chi connectivity index (χ0) is 12.0. The lowest BCUT2D eigenvalue weighted by atomic mass is 10.0. The second kappa shape index (κ2) is 6.86. The summed E-state index contributed by atoms with van der Waals surface area (Å²) in [7, 11) is 0. The molecule has 1 atom stereocenters. The Hall–Kier alpha value is -0.610. The van der Waals surface area contributed by atoms with Crippen molar-refractivity contribution < 1.29 is 14.6 Å². The minimum absolute atomic E-state index is 0.124. The summed E-state index contributed by atoms with van der Waals surface area (Å²) in [6.45, 7) is 7.87. The van der Waals surface area contributed by atoms with Gasteiger partial charge >= 0.3 is 5.97 Å². The summed E-state index contributed by atoms with van der Waals surface area (Å²) in [4.78, 5) is 13.0. The zero-order valence-corrected chi connectivity index (χ0v) is 10.3. The first-order valence-corrected chi connectivity index (χ1v) is 6.21. The van der Waals surface area contributed by atoms with Gasteiger partial charge in [-0.3, -0.25) is 9.69 Å². The number of nitrogens with zero attached hydrogens (tertiary/aromatic N) is 1. The maximum absolute atomic E-state index is 10.6. The summed E-state index contributed by atoms with van der Waals surface area (Å²) >= 11 is 0. The molecule has 0 bridgehead atoms. The predicted octanol–water partition coefficient (Wildman–Crippen LogP) is 1.60. The summed E-state index contributed by atoms with van der Waals surface area (Å²) in [5, 5.41) is 8.73. The van der Waals surface area contributed by atoms with Gasteiger partial charge in [0.1, 0.15) is 0 Å². The van der Waals surface area contributed by atoms with Gasteiger partial charge in [0, 0.05) is 19.6 Å². The zero-order valence-electron chi connectivity index (χ0n) is 10.3. The van der Waals surface area contributed by atoms with Crippen molar-refractivity contribution in [1.29, 1.82) is 0 Å². The first-order valence-electron chi connectivity index (χ1n) is 6.21. The Morgan fingerprint density at radius 1 is 1.50 bits per heavy atom. The minimum atomic E-state index is -0.769. The topological polar surface area (TPSA) is 49.8 Å². The van der Waals surface area contributed by atoms with E-state index in [2.05, 4.69) is 18.7 Å². The van der Waals surface area contributed by atoms with Crippen LogP contribution >= 0.6 is 0 Å². The highest BCUT2D eigenvalue weighted by Crippen LogP contribution is 2.14. The number of carboxylic acids is 1. The summed E-state index contributed by atoms with van der Waals surface area (Å²) in [5.74, 6) is -0.0436. The van der Waals surface area contributed by atoms with E-state index in [9.17, 15) is 4.79 Å². The van der Waals surface area contributed by atoms with Gasteiger partial charge in [0.2, 0.25) is 0 Å². The molecule has 0 spiro atoms. The van der Waals surface area contributed by atoms with Crippen molar-refractivity contribution in [3.05, 3.63) is 0 Å². The van der Waals surface area contributed by atoms with Crippen molar-refractivity contribution >= 4 is 5.97 Å². The van der Waals surface area contributed by atoms with Crippen molar-refractivity contribution in [2.45, 2.75) is 39.2 Å². The van der Waals surface area contributed by atoms with Gasteiger partial charge in [0.05, 0.1) is 19.1 Å². The molecule has 94 valence electrons. The van der Waals surface area contributed by atoms with E-state index in [0.717, 1.165) is 25.6 Å². The van der Waals surface area contributed by atoms with E-state index in [-0.39, 0.29) is 12.5 Å². The Balaban J connectivity index is 2.34. The number of aliphatic carboxylic acids is 1. The van der Waals surface area contributed by atoms with Gasteiger partial charge in [-0.25, -0.2) is 0 Å². The number of hydrogen-bond acceptors (Lipinski definition) is 3. The molecule has 16 heavy (non-hydrogen) atoms. The van der Waals surface area contributed by atoms with Crippen LogP contribution in [0.15, 0.2) is 0 Å². The van der Waals surface area contributed by atoms with Crippen LogP contribution in [0.3, 0.4) is 0 Å². The molecule has 1 saturated heterocycles. The fraction of sp³-hybridized carbons (Fsp3) is 0.917. The fourth-order valence-corrected chi connectivity index (χ4v) is 2.18. The molecule has 4 heteroatoms. The number of carbonyl (C=O) groups is 1. The molecular weight excluding hydrogens is 206 g/mol. The maximum Gasteiger partial charge on any atom is 0.306 e. The first-order chi connectivity index (χ1) is 7.65. The molecule has 0 amide bonds. The Morgan fingerprint density at radius 3 is 2.75 bits per heavy atom. The van der Waals surface area contributed by atoms with Gasteiger partial charge < -0.3 is 9.84 Å². The van der Waals surface area contributed by atoms with Crippen molar-refractivity contribution in [3.63, 3.8) is 0 Å². The number of ether oxygens (including phenoxy) is 1. The molecule has 1 heterocycles. The second-order valence-electron chi connectivity index (χ2n) is 4.53. The maximum atomic E-state index is 10.6. The van der Waals surface area contributed by atoms with Crippen LogP contribution in [0, 0.1) is 5.92 Å². The van der Waals surface area contributed by atoms with Crippen LogP contribution in [0.2, 0.25) is 0 Å². The van der Waals surface area contributed by atoms with E-state index in [4.69, 9.17) is 9.84 Å². The molecule has 1 N–H and O–H groups in total. The molecular formula is C12H23NO3. The largest absolute Gasteiger partial charge is 0.481 e. The van der Waals surface area contributed by atoms with Crippen LogP contribution in [0.1, 0.15) is 33.1 Å². The standard InChI is InChI=1S/C12H23NO3/c1-3-10(4-2)8-13-5-6-16-11(9-13)7-12(14)15/h10-11H,3-9H2,1-2H3,(H,14,15). The van der Waals surface area contributed by atoms with Crippen LogP contribution in [0.5, 0.6) is 0 Å². The molecule has 1 fully saturated rings. The van der Waals surface area contributed by atoms with Gasteiger partial charge in [-0.05, 0) is 5.92 Å². The summed E-state index contributed by atoms with van der Waals surface area (Å²) in [6.07, 6.45) is 2.38. The molecule has 0 saturated carbocycles. The molecule has 1 aliphatic rings. The van der Waals surface area contributed by atoms with E-state index in [1.165, 1.54) is 12.8 Å². The lowest BCUT2D eigenvalue weighted by Crippen LogP contribution is -2.45. The highest BCUT2D eigenvalue weighted by molar-refractivity contribution is 5.67. The Bertz CT molecular complexity index is 216. The molecule has 0 aromatic carbocycles. The molecule has 4 nitrogen and oxygen atoms in total. The fourth-order valence-electron chi connectivity index (χ4n) is 2.18. The molecule has 0 aromatic rings. The third-order valence-corrected chi connectivity index (χ3v) is 3.30. The van der Waals surface area contributed by atoms with E-state index < -0.39 is 5.97 Å². The second-order valence-corrected chi connectivity index (χ2v) is 4.53. The highest BCUT2D eigenvalue weighted by atomic mass is 16.5. The van der Waals surface area contributed by atoms with Gasteiger partial charge in [-0.1, -0.05) is 26.7 Å². The molecule has 1 unspecified atom stereocenters.